The fourth-order valence-electron chi connectivity index (χ4n) is 4.32. The number of anilines is 1. The molecule has 2 amide bonds. The van der Waals surface area contributed by atoms with Crippen molar-refractivity contribution in [3.63, 3.8) is 0 Å². The highest BCUT2D eigenvalue weighted by atomic mass is 32.2. The van der Waals surface area contributed by atoms with Gasteiger partial charge in [-0.3, -0.25) is 13.9 Å². The number of hydrogen-bond donors (Lipinski definition) is 1. The molecule has 3 rings (SSSR count). The van der Waals surface area contributed by atoms with E-state index in [0.29, 0.717) is 5.75 Å². The zero-order valence-electron chi connectivity index (χ0n) is 20.9. The largest absolute Gasteiger partial charge is 0.497 e. The van der Waals surface area contributed by atoms with Crippen molar-refractivity contribution in [3.05, 3.63) is 59.9 Å². The van der Waals surface area contributed by atoms with Crippen molar-refractivity contribution >= 4 is 27.5 Å². The summed E-state index contributed by atoms with van der Waals surface area (Å²) in [6.07, 6.45) is 5.94. The van der Waals surface area contributed by atoms with Crippen molar-refractivity contribution < 1.29 is 27.1 Å². The van der Waals surface area contributed by atoms with Crippen LogP contribution in [-0.4, -0.2) is 57.1 Å². The Bertz CT molecular complexity index is 1150. The minimum Gasteiger partial charge on any atom is -0.497 e. The second kappa shape index (κ2) is 12.2. The number of amides is 2. The molecule has 1 N–H and O–H groups in total. The van der Waals surface area contributed by atoms with Gasteiger partial charge in [0.2, 0.25) is 21.8 Å². The van der Waals surface area contributed by atoms with Gasteiger partial charge in [-0.25, -0.2) is 12.8 Å². The molecule has 2 aromatic carbocycles. The summed E-state index contributed by atoms with van der Waals surface area (Å²) < 4.78 is 45.8. The summed E-state index contributed by atoms with van der Waals surface area (Å²) in [6.45, 7) is 0.862. The molecule has 0 spiro atoms. The highest BCUT2D eigenvalue weighted by molar-refractivity contribution is 7.92. The van der Waals surface area contributed by atoms with Crippen molar-refractivity contribution in [1.29, 1.82) is 0 Å². The van der Waals surface area contributed by atoms with Gasteiger partial charge in [-0.2, -0.15) is 0 Å². The summed E-state index contributed by atoms with van der Waals surface area (Å²) in [5, 5.41) is 3.01. The maximum absolute atomic E-state index is 14.5. The van der Waals surface area contributed by atoms with Crippen LogP contribution in [0.25, 0.3) is 0 Å². The lowest BCUT2D eigenvalue weighted by Gasteiger charge is -2.33. The number of carbonyl (C=O) groups excluding carboxylic acids is 2. The lowest BCUT2D eigenvalue weighted by Crippen LogP contribution is -2.53. The summed E-state index contributed by atoms with van der Waals surface area (Å²) in [5.74, 6) is -0.939. The van der Waals surface area contributed by atoms with Gasteiger partial charge in [0.1, 0.15) is 24.2 Å². The first kappa shape index (κ1) is 27.4. The monoisotopic (exact) mass is 519 g/mol. The second-order valence-electron chi connectivity index (χ2n) is 9.10. The molecule has 2 aromatic rings. The molecule has 0 heterocycles. The van der Waals surface area contributed by atoms with Crippen LogP contribution < -0.4 is 14.4 Å². The van der Waals surface area contributed by atoms with Crippen LogP contribution >= 0.6 is 0 Å². The molecule has 0 bridgehead atoms. The number of carbonyl (C=O) groups is 2. The molecule has 1 aliphatic carbocycles. The summed E-state index contributed by atoms with van der Waals surface area (Å²) in [6, 6.07) is 11.4. The average molecular weight is 520 g/mol. The van der Waals surface area contributed by atoms with Gasteiger partial charge in [0.25, 0.3) is 0 Å². The zero-order valence-corrected chi connectivity index (χ0v) is 21.8. The van der Waals surface area contributed by atoms with Gasteiger partial charge in [-0.05, 0) is 50.1 Å². The number of rotatable bonds is 10. The number of benzene rings is 2. The van der Waals surface area contributed by atoms with Crippen LogP contribution in [-0.2, 0) is 26.2 Å². The number of nitrogens with one attached hydrogen (secondary N) is 1. The van der Waals surface area contributed by atoms with Crippen molar-refractivity contribution in [3.8, 4) is 5.75 Å². The molecule has 8 nitrogen and oxygen atoms in total. The van der Waals surface area contributed by atoms with Crippen LogP contribution in [0.15, 0.2) is 48.5 Å². The Morgan fingerprint density at radius 3 is 2.31 bits per heavy atom. The molecule has 0 unspecified atom stereocenters. The van der Waals surface area contributed by atoms with Crippen LogP contribution in [0.1, 0.15) is 44.6 Å². The minimum atomic E-state index is -3.85. The molecule has 1 aliphatic rings. The van der Waals surface area contributed by atoms with Crippen molar-refractivity contribution in [2.45, 2.75) is 57.7 Å². The number of methoxy groups -OCH3 is 1. The minimum absolute atomic E-state index is 0.0333. The Morgan fingerprint density at radius 1 is 1.08 bits per heavy atom. The summed E-state index contributed by atoms with van der Waals surface area (Å²) in [7, 11) is -2.35. The number of sulfonamides is 1. The number of halogens is 1. The maximum Gasteiger partial charge on any atom is 0.244 e. The zero-order chi connectivity index (χ0) is 26.3. The first-order valence-corrected chi connectivity index (χ1v) is 13.9. The van der Waals surface area contributed by atoms with Crippen molar-refractivity contribution in [2.75, 3.05) is 24.2 Å². The molecule has 0 saturated heterocycles. The van der Waals surface area contributed by atoms with Gasteiger partial charge in [-0.1, -0.05) is 37.5 Å². The molecule has 1 saturated carbocycles. The van der Waals surface area contributed by atoms with Crippen molar-refractivity contribution in [2.24, 2.45) is 0 Å². The van der Waals surface area contributed by atoms with E-state index in [1.54, 1.807) is 37.3 Å². The van der Waals surface area contributed by atoms with E-state index < -0.39 is 34.3 Å². The normalized spacial score (nSPS) is 15.1. The number of ether oxygens (including phenoxy) is 1. The molecular formula is C26H34FN3O5S. The summed E-state index contributed by atoms with van der Waals surface area (Å²) in [5.41, 5.74) is 0.510. The first-order valence-electron chi connectivity index (χ1n) is 12.0. The van der Waals surface area contributed by atoms with Crippen LogP contribution in [0.3, 0.4) is 0 Å². The molecule has 1 fully saturated rings. The van der Waals surface area contributed by atoms with Gasteiger partial charge in [-0.15, -0.1) is 0 Å². The lowest BCUT2D eigenvalue weighted by molar-refractivity contribution is -0.139. The van der Waals surface area contributed by atoms with Crippen LogP contribution in [0.5, 0.6) is 5.75 Å². The Labute approximate surface area is 212 Å². The first-order chi connectivity index (χ1) is 17.1. The third-order valence-corrected chi connectivity index (χ3v) is 7.60. The predicted molar refractivity (Wildman–Crippen MR) is 137 cm³/mol. The van der Waals surface area contributed by atoms with E-state index in [4.69, 9.17) is 4.74 Å². The lowest BCUT2D eigenvalue weighted by atomic mass is 9.95. The van der Waals surface area contributed by atoms with E-state index >= 15 is 0 Å². The topological polar surface area (TPSA) is 96.0 Å². The predicted octanol–water partition coefficient (Wildman–Crippen LogP) is 3.47. The van der Waals surface area contributed by atoms with E-state index in [-0.39, 0.29) is 29.7 Å². The van der Waals surface area contributed by atoms with E-state index in [1.165, 1.54) is 30.2 Å². The molecule has 1 atom stereocenters. The second-order valence-corrected chi connectivity index (χ2v) is 11.0. The van der Waals surface area contributed by atoms with E-state index in [1.807, 2.05) is 0 Å². The quantitative estimate of drug-likeness (QED) is 0.519. The van der Waals surface area contributed by atoms with Gasteiger partial charge in [0.15, 0.2) is 0 Å². The van der Waals surface area contributed by atoms with Gasteiger partial charge in [0.05, 0.1) is 19.1 Å². The Kier molecular flexibility index (Phi) is 9.31. The Hall–Kier alpha value is -3.14. The number of nitrogens with zero attached hydrogens (tertiary/aromatic N) is 2. The summed E-state index contributed by atoms with van der Waals surface area (Å²) >= 11 is 0. The van der Waals surface area contributed by atoms with Gasteiger partial charge >= 0.3 is 0 Å². The third-order valence-electron chi connectivity index (χ3n) is 6.46. The Balaban J connectivity index is 1.87. The van der Waals surface area contributed by atoms with Crippen LogP contribution in [0.4, 0.5) is 10.1 Å². The van der Waals surface area contributed by atoms with Crippen LogP contribution in [0, 0.1) is 5.82 Å². The fraction of sp³-hybridized carbons (Fsp3) is 0.462. The summed E-state index contributed by atoms with van der Waals surface area (Å²) in [4.78, 5) is 27.9. The van der Waals surface area contributed by atoms with Gasteiger partial charge in [0, 0.05) is 18.2 Å². The molecule has 196 valence electrons. The molecule has 0 aliphatic heterocycles. The fourth-order valence-corrected chi connectivity index (χ4v) is 5.17. The van der Waals surface area contributed by atoms with E-state index in [2.05, 4.69) is 5.32 Å². The highest BCUT2D eigenvalue weighted by Gasteiger charge is 2.31. The van der Waals surface area contributed by atoms with Crippen molar-refractivity contribution in [1.82, 2.24) is 10.2 Å². The SMILES string of the molecule is COc1ccc(N(CC(=O)N(Cc2ccccc2F)[C@H](C)C(=O)NC2CCCCC2)S(C)(=O)=O)cc1. The van der Waals surface area contributed by atoms with Gasteiger partial charge < -0.3 is 15.0 Å². The molecular weight excluding hydrogens is 485 g/mol. The number of hydrogen-bond acceptors (Lipinski definition) is 5. The Morgan fingerprint density at radius 2 is 1.72 bits per heavy atom. The molecule has 10 heteroatoms. The standard InChI is InChI=1S/C26H34FN3O5S/c1-19(26(32)28-21-10-5-4-6-11-21)29(17-20-9-7-8-12-24(20)27)25(31)18-30(36(3,33)34)22-13-15-23(35-2)16-14-22/h7-9,12-16,19,21H,4-6,10-11,17-18H2,1-3H3,(H,28,32)/t19-/m1/s1. The molecule has 0 aromatic heterocycles. The van der Waals surface area contributed by atoms with E-state index in [9.17, 15) is 22.4 Å². The van der Waals surface area contributed by atoms with Crippen LogP contribution in [0.2, 0.25) is 0 Å². The third kappa shape index (κ3) is 7.19. The maximum atomic E-state index is 14.5. The average Bonchev–Trinajstić information content (AvgIpc) is 2.86. The highest BCUT2D eigenvalue weighted by Crippen LogP contribution is 2.23. The smallest absolute Gasteiger partial charge is 0.244 e. The van der Waals surface area contributed by atoms with E-state index in [0.717, 1.165) is 42.7 Å². The molecule has 0 radical (unpaired) electrons. The molecule has 36 heavy (non-hydrogen) atoms.